The van der Waals surface area contributed by atoms with Crippen LogP contribution in [0.15, 0.2) is 53.6 Å². The van der Waals surface area contributed by atoms with E-state index in [1.807, 2.05) is 48.9 Å². The summed E-state index contributed by atoms with van der Waals surface area (Å²) in [5.41, 5.74) is 6.25. The molecule has 4 heterocycles. The van der Waals surface area contributed by atoms with Crippen LogP contribution in [-0.4, -0.2) is 80.2 Å². The number of rotatable bonds is 8. The number of carboxylic acids is 2. The van der Waals surface area contributed by atoms with E-state index in [9.17, 15) is 31.5 Å². The topological polar surface area (TPSA) is 159 Å². The van der Waals surface area contributed by atoms with E-state index in [-0.39, 0.29) is 23.9 Å². The van der Waals surface area contributed by atoms with Gasteiger partial charge in [0, 0.05) is 44.3 Å². The first-order chi connectivity index (χ1) is 23.6. The van der Waals surface area contributed by atoms with Crippen molar-refractivity contribution in [2.24, 2.45) is 5.92 Å². The number of aromatic nitrogens is 4. The number of carboxylic acid groups (broad SMARTS) is 2. The van der Waals surface area contributed by atoms with Gasteiger partial charge in [-0.2, -0.15) is 17.5 Å². The molecule has 0 radical (unpaired) electrons. The summed E-state index contributed by atoms with van der Waals surface area (Å²) in [6.07, 6.45) is 0.824. The van der Waals surface area contributed by atoms with Gasteiger partial charge in [0.05, 0.1) is 11.9 Å². The van der Waals surface area contributed by atoms with E-state index >= 15 is 0 Å². The Hall–Kier alpha value is -4.57. The maximum Gasteiger partial charge on any atom is 0.490 e. The van der Waals surface area contributed by atoms with Crippen LogP contribution in [-0.2, 0) is 32.7 Å². The average Bonchev–Trinajstić information content (AvgIpc) is 3.62. The zero-order chi connectivity index (χ0) is 36.0. The van der Waals surface area contributed by atoms with Crippen LogP contribution in [0.5, 0.6) is 0 Å². The molecule has 2 N–H and O–H groups in total. The molecule has 0 bridgehead atoms. The lowest BCUT2D eigenvalue weighted by Gasteiger charge is -2.26. The molecule has 3 aliphatic rings. The second-order valence-corrected chi connectivity index (χ2v) is 15.0. The molecular weight excluding hydrogens is 677 g/mol. The van der Waals surface area contributed by atoms with Gasteiger partial charge in [0.2, 0.25) is 10.0 Å². The van der Waals surface area contributed by atoms with Gasteiger partial charge in [0.15, 0.2) is 0 Å². The highest BCUT2D eigenvalue weighted by atomic mass is 32.2. The monoisotopic (exact) mass is 714 g/mol. The van der Waals surface area contributed by atoms with Crippen LogP contribution in [0.4, 0.5) is 19.0 Å². The van der Waals surface area contributed by atoms with E-state index in [2.05, 4.69) is 20.2 Å². The van der Waals surface area contributed by atoms with Crippen LogP contribution in [0.25, 0.3) is 11.0 Å². The first-order valence-electron chi connectivity index (χ1n) is 16.3. The van der Waals surface area contributed by atoms with E-state index in [0.717, 1.165) is 64.8 Å². The van der Waals surface area contributed by atoms with Crippen molar-refractivity contribution in [2.75, 3.05) is 18.0 Å². The van der Waals surface area contributed by atoms with Crippen molar-refractivity contribution >= 4 is 38.8 Å². The van der Waals surface area contributed by atoms with E-state index in [1.54, 1.807) is 22.6 Å². The minimum atomic E-state index is -5.08. The summed E-state index contributed by atoms with van der Waals surface area (Å²) in [7, 11) is -3.80. The largest absolute Gasteiger partial charge is 0.490 e. The summed E-state index contributed by atoms with van der Waals surface area (Å²) >= 11 is 0. The fraction of sp³-hybridized carbons (Fsp3) is 0.441. The number of sulfonamides is 1. The standard InChI is InChI=1S/C32H36N6O4S.C2HF3O2/c1-20-7-10-23(27(16-30(39)40)26-11-12-28-31(21(26)2)34-35-38(28)17-22-8-9-22)15-24(20)18-36-19-25-5-4-14-37(25)32-29(43(36,41)42)6-3-13-33-32;3-2(4,5)1(6)7/h3,6-7,10-13,15,22,25,27H,4-5,8-9,14,16-19H2,1-2H3,(H,39,40);(H,6,7)/t25-,27?;/m1./s1. The number of benzene rings is 2. The van der Waals surface area contributed by atoms with Crippen molar-refractivity contribution in [3.05, 3.63) is 76.5 Å². The minimum absolute atomic E-state index is 0.0666. The highest BCUT2D eigenvalue weighted by Gasteiger charge is 2.40. The van der Waals surface area contributed by atoms with Crippen molar-refractivity contribution in [1.29, 1.82) is 0 Å². The zero-order valence-corrected chi connectivity index (χ0v) is 28.3. The van der Waals surface area contributed by atoms with E-state index < -0.39 is 34.1 Å². The zero-order valence-electron chi connectivity index (χ0n) is 27.5. The Balaban J connectivity index is 0.000000561. The third kappa shape index (κ3) is 7.17. The van der Waals surface area contributed by atoms with Crippen LogP contribution in [0, 0.1) is 19.8 Å². The van der Waals surface area contributed by atoms with E-state index in [0.29, 0.717) is 18.3 Å². The summed E-state index contributed by atoms with van der Waals surface area (Å²) in [6.45, 7) is 6.19. The van der Waals surface area contributed by atoms with Crippen molar-refractivity contribution in [2.45, 2.75) is 82.1 Å². The molecule has 2 atom stereocenters. The molecule has 1 unspecified atom stereocenters. The number of aliphatic carboxylic acids is 2. The predicted octanol–water partition coefficient (Wildman–Crippen LogP) is 5.27. The molecule has 1 saturated heterocycles. The molecule has 1 saturated carbocycles. The van der Waals surface area contributed by atoms with Gasteiger partial charge in [0.1, 0.15) is 16.2 Å². The number of hydrogen-bond acceptors (Lipinski definition) is 8. The van der Waals surface area contributed by atoms with Crippen LogP contribution < -0.4 is 4.90 Å². The quantitative estimate of drug-likeness (QED) is 0.246. The minimum Gasteiger partial charge on any atom is -0.481 e. The molecule has 12 nitrogen and oxygen atoms in total. The molecule has 7 rings (SSSR count). The Morgan fingerprint density at radius 1 is 1.06 bits per heavy atom. The molecule has 0 amide bonds. The normalized spacial score (nSPS) is 19.2. The van der Waals surface area contributed by atoms with E-state index in [4.69, 9.17) is 9.90 Å². The number of hydrogen-bond donors (Lipinski definition) is 2. The lowest BCUT2D eigenvalue weighted by atomic mass is 9.84. The maximum absolute atomic E-state index is 14.0. The van der Waals surface area contributed by atoms with Crippen molar-refractivity contribution < 1.29 is 41.4 Å². The summed E-state index contributed by atoms with van der Waals surface area (Å²) in [5.74, 6) is -2.88. The fourth-order valence-corrected chi connectivity index (χ4v) is 8.42. The Kier molecular flexibility index (Phi) is 9.61. The summed E-state index contributed by atoms with van der Waals surface area (Å²) < 4.78 is 63.2. The highest BCUT2D eigenvalue weighted by Crippen LogP contribution is 2.38. The van der Waals surface area contributed by atoms with Gasteiger partial charge in [-0.1, -0.05) is 29.5 Å². The first kappa shape index (κ1) is 35.3. The lowest BCUT2D eigenvalue weighted by Crippen LogP contribution is -2.39. The van der Waals surface area contributed by atoms with Gasteiger partial charge < -0.3 is 15.1 Å². The summed E-state index contributed by atoms with van der Waals surface area (Å²) in [5, 5.41) is 26.0. The third-order valence-electron chi connectivity index (χ3n) is 9.66. The first-order valence-corrected chi connectivity index (χ1v) is 17.7. The molecule has 0 spiro atoms. The number of fused-ring (bicyclic) bond motifs is 4. The number of halogens is 3. The maximum atomic E-state index is 14.0. The van der Waals surface area contributed by atoms with Crippen LogP contribution >= 0.6 is 0 Å². The van der Waals surface area contributed by atoms with Crippen molar-refractivity contribution in [3.8, 4) is 0 Å². The number of aryl methyl sites for hydroxylation is 2. The van der Waals surface area contributed by atoms with Crippen LogP contribution in [0.2, 0.25) is 0 Å². The Morgan fingerprint density at radius 3 is 2.48 bits per heavy atom. The highest BCUT2D eigenvalue weighted by molar-refractivity contribution is 7.89. The Morgan fingerprint density at radius 2 is 1.80 bits per heavy atom. The number of carbonyl (C=O) groups is 2. The molecule has 4 aromatic rings. The van der Waals surface area contributed by atoms with Gasteiger partial charge in [-0.3, -0.25) is 4.79 Å². The van der Waals surface area contributed by atoms with Crippen molar-refractivity contribution in [3.63, 3.8) is 0 Å². The summed E-state index contributed by atoms with van der Waals surface area (Å²) in [4.78, 5) is 27.9. The predicted molar refractivity (Wildman–Crippen MR) is 176 cm³/mol. The molecule has 2 fully saturated rings. The van der Waals surface area contributed by atoms with Gasteiger partial charge in [-0.25, -0.2) is 22.9 Å². The SMILES string of the molecule is Cc1ccc(C(CC(=O)O)c2ccc3c(nnn3CC3CC3)c2C)cc1CN1C[C@H]2CCCN2c2ncccc2S1(=O)=O.O=C(O)C(F)(F)F. The van der Waals surface area contributed by atoms with E-state index in [1.165, 1.54) is 12.8 Å². The molecule has 266 valence electrons. The van der Waals surface area contributed by atoms with Crippen LogP contribution in [0.3, 0.4) is 0 Å². The van der Waals surface area contributed by atoms with Gasteiger partial charge in [-0.15, -0.1) is 5.10 Å². The number of pyridine rings is 1. The third-order valence-corrected chi connectivity index (χ3v) is 11.5. The summed E-state index contributed by atoms with van der Waals surface area (Å²) in [6, 6.07) is 13.3. The number of alkyl halides is 3. The van der Waals surface area contributed by atoms with Gasteiger partial charge >= 0.3 is 18.1 Å². The molecular formula is C34H37F3N6O6S. The number of anilines is 1. The Labute approximate surface area is 286 Å². The molecule has 2 aromatic carbocycles. The van der Waals surface area contributed by atoms with Crippen molar-refractivity contribution in [1.82, 2.24) is 24.3 Å². The lowest BCUT2D eigenvalue weighted by molar-refractivity contribution is -0.192. The molecule has 50 heavy (non-hydrogen) atoms. The number of nitrogens with zero attached hydrogens (tertiary/aromatic N) is 6. The average molecular weight is 715 g/mol. The smallest absolute Gasteiger partial charge is 0.481 e. The Bertz CT molecular complexity index is 2050. The van der Waals surface area contributed by atoms with Crippen LogP contribution in [0.1, 0.15) is 65.8 Å². The molecule has 2 aromatic heterocycles. The molecule has 1 aliphatic carbocycles. The fourth-order valence-electron chi connectivity index (χ4n) is 6.82. The second-order valence-electron chi connectivity index (χ2n) is 13.1. The van der Waals surface area contributed by atoms with Gasteiger partial charge in [0.25, 0.3) is 0 Å². The van der Waals surface area contributed by atoms with Gasteiger partial charge in [-0.05, 0) is 91.5 Å². The molecule has 16 heteroatoms. The second kappa shape index (κ2) is 13.6. The molecule has 2 aliphatic heterocycles.